The summed E-state index contributed by atoms with van der Waals surface area (Å²) >= 11 is 0. The van der Waals surface area contributed by atoms with Gasteiger partial charge in [0, 0.05) is 23.0 Å². The second-order valence-electron chi connectivity index (χ2n) is 7.38. The summed E-state index contributed by atoms with van der Waals surface area (Å²) in [5.41, 5.74) is 5.50. The summed E-state index contributed by atoms with van der Waals surface area (Å²) < 4.78 is 7.75. The third-order valence-corrected chi connectivity index (χ3v) is 5.23. The van der Waals surface area contributed by atoms with Crippen molar-refractivity contribution in [2.24, 2.45) is 0 Å². The van der Waals surface area contributed by atoms with Crippen LogP contribution in [-0.2, 0) is 0 Å². The lowest BCUT2D eigenvalue weighted by molar-refractivity contribution is 0.102. The summed E-state index contributed by atoms with van der Waals surface area (Å²) in [4.78, 5) is 25.3. The maximum absolute atomic E-state index is 12.5. The van der Waals surface area contributed by atoms with Crippen LogP contribution in [0, 0.1) is 27.7 Å². The van der Waals surface area contributed by atoms with E-state index in [2.05, 4.69) is 20.3 Å². The van der Waals surface area contributed by atoms with E-state index >= 15 is 0 Å². The molecule has 31 heavy (non-hydrogen) atoms. The predicted molar refractivity (Wildman–Crippen MR) is 119 cm³/mol. The lowest BCUT2D eigenvalue weighted by Gasteiger charge is -2.10. The average Bonchev–Trinajstić information content (AvgIpc) is 3.10. The first-order chi connectivity index (χ1) is 14.9. The van der Waals surface area contributed by atoms with Crippen molar-refractivity contribution in [2.75, 3.05) is 5.32 Å². The van der Waals surface area contributed by atoms with Gasteiger partial charge in [0.05, 0.1) is 5.69 Å². The number of amides is 1. The minimum Gasteiger partial charge on any atom is -0.439 e. The molecule has 1 N–H and O–H groups in total. The highest BCUT2D eigenvalue weighted by Crippen LogP contribution is 2.23. The number of imidazole rings is 1. The van der Waals surface area contributed by atoms with Crippen molar-refractivity contribution in [2.45, 2.75) is 27.7 Å². The molecule has 7 nitrogen and oxygen atoms in total. The molecule has 0 saturated heterocycles. The van der Waals surface area contributed by atoms with Crippen LogP contribution >= 0.6 is 0 Å². The second-order valence-corrected chi connectivity index (χ2v) is 7.38. The maximum Gasteiger partial charge on any atom is 0.255 e. The number of anilines is 1. The van der Waals surface area contributed by atoms with Gasteiger partial charge in [-0.3, -0.25) is 9.36 Å². The number of aromatic nitrogens is 4. The van der Waals surface area contributed by atoms with Gasteiger partial charge in [0.1, 0.15) is 24.2 Å². The Morgan fingerprint density at radius 2 is 1.68 bits per heavy atom. The quantitative estimate of drug-likeness (QED) is 0.501. The number of carbonyl (C=O) groups is 1. The van der Waals surface area contributed by atoms with Crippen molar-refractivity contribution in [3.8, 4) is 17.4 Å². The zero-order valence-corrected chi connectivity index (χ0v) is 17.9. The molecule has 2 aromatic heterocycles. The van der Waals surface area contributed by atoms with Gasteiger partial charge >= 0.3 is 0 Å². The first kappa shape index (κ1) is 20.3. The van der Waals surface area contributed by atoms with Crippen LogP contribution in [0.1, 0.15) is 32.9 Å². The highest BCUT2D eigenvalue weighted by atomic mass is 16.5. The van der Waals surface area contributed by atoms with E-state index in [1.807, 2.05) is 50.5 Å². The van der Waals surface area contributed by atoms with Crippen LogP contribution in [0.5, 0.6) is 11.6 Å². The summed E-state index contributed by atoms with van der Waals surface area (Å²) in [7, 11) is 0. The van der Waals surface area contributed by atoms with Gasteiger partial charge in [0.2, 0.25) is 5.88 Å². The topological polar surface area (TPSA) is 81.9 Å². The van der Waals surface area contributed by atoms with Crippen LogP contribution in [-0.4, -0.2) is 25.4 Å². The molecule has 4 aromatic rings. The Morgan fingerprint density at radius 3 is 2.35 bits per heavy atom. The Hall–Kier alpha value is -4.00. The summed E-state index contributed by atoms with van der Waals surface area (Å²) in [6.45, 7) is 7.95. The fourth-order valence-corrected chi connectivity index (χ4v) is 3.06. The Balaban J connectivity index is 1.45. The largest absolute Gasteiger partial charge is 0.439 e. The van der Waals surface area contributed by atoms with E-state index in [0.29, 0.717) is 28.7 Å². The van der Waals surface area contributed by atoms with Gasteiger partial charge in [-0.15, -0.1) is 0 Å². The van der Waals surface area contributed by atoms with Crippen molar-refractivity contribution in [3.05, 3.63) is 89.3 Å². The van der Waals surface area contributed by atoms with Gasteiger partial charge in [-0.2, -0.15) is 0 Å². The fraction of sp³-hybridized carbons (Fsp3) is 0.167. The normalized spacial score (nSPS) is 10.7. The monoisotopic (exact) mass is 413 g/mol. The van der Waals surface area contributed by atoms with Crippen LogP contribution in [0.2, 0.25) is 0 Å². The highest BCUT2D eigenvalue weighted by Gasteiger charge is 2.10. The number of ether oxygens (including phenoxy) is 1. The molecule has 0 aliphatic rings. The molecule has 0 unspecified atom stereocenters. The highest BCUT2D eigenvalue weighted by molar-refractivity contribution is 6.04. The maximum atomic E-state index is 12.5. The molecule has 0 radical (unpaired) electrons. The van der Waals surface area contributed by atoms with E-state index in [-0.39, 0.29) is 5.91 Å². The van der Waals surface area contributed by atoms with E-state index in [1.54, 1.807) is 36.7 Å². The van der Waals surface area contributed by atoms with Gasteiger partial charge in [-0.05, 0) is 75.2 Å². The number of hydrogen-bond donors (Lipinski definition) is 1. The van der Waals surface area contributed by atoms with Crippen LogP contribution in [0.4, 0.5) is 5.69 Å². The number of nitrogens with one attached hydrogen (secondary N) is 1. The molecular weight excluding hydrogens is 390 g/mol. The van der Waals surface area contributed by atoms with Crippen molar-refractivity contribution >= 4 is 11.6 Å². The summed E-state index contributed by atoms with van der Waals surface area (Å²) in [5, 5.41) is 2.90. The molecule has 0 bridgehead atoms. The minimum atomic E-state index is -0.150. The third kappa shape index (κ3) is 4.45. The molecule has 1 amide bonds. The number of nitrogens with zero attached hydrogens (tertiary/aromatic N) is 4. The Kier molecular flexibility index (Phi) is 5.49. The SMILES string of the molecule is Cc1ccc(C(=O)Nc2ccc(Oc3cc(-n4cnc(C)c4C)ncn3)cc2)cc1C. The van der Waals surface area contributed by atoms with Crippen LogP contribution in [0.3, 0.4) is 0 Å². The number of benzene rings is 2. The minimum absolute atomic E-state index is 0.150. The average molecular weight is 413 g/mol. The summed E-state index contributed by atoms with van der Waals surface area (Å²) in [6.07, 6.45) is 3.18. The van der Waals surface area contributed by atoms with E-state index in [1.165, 1.54) is 6.33 Å². The van der Waals surface area contributed by atoms with E-state index in [9.17, 15) is 4.79 Å². The zero-order valence-electron chi connectivity index (χ0n) is 17.9. The molecule has 2 aromatic carbocycles. The number of rotatable bonds is 5. The first-order valence-electron chi connectivity index (χ1n) is 9.90. The van der Waals surface area contributed by atoms with Gasteiger partial charge in [0.25, 0.3) is 5.91 Å². The van der Waals surface area contributed by atoms with Crippen molar-refractivity contribution in [1.82, 2.24) is 19.5 Å². The molecule has 156 valence electrons. The van der Waals surface area contributed by atoms with Crippen molar-refractivity contribution < 1.29 is 9.53 Å². The molecule has 0 aliphatic heterocycles. The lowest BCUT2D eigenvalue weighted by atomic mass is 10.1. The van der Waals surface area contributed by atoms with Crippen LogP contribution in [0.25, 0.3) is 5.82 Å². The molecule has 2 heterocycles. The zero-order chi connectivity index (χ0) is 22.0. The van der Waals surface area contributed by atoms with E-state index in [4.69, 9.17) is 4.74 Å². The third-order valence-electron chi connectivity index (χ3n) is 5.23. The fourth-order valence-electron chi connectivity index (χ4n) is 3.06. The van der Waals surface area contributed by atoms with Crippen LogP contribution < -0.4 is 10.1 Å². The second kappa shape index (κ2) is 8.39. The number of carbonyl (C=O) groups excluding carboxylic acids is 1. The molecule has 0 spiro atoms. The molecule has 0 fully saturated rings. The molecule has 0 atom stereocenters. The Morgan fingerprint density at radius 1 is 0.903 bits per heavy atom. The van der Waals surface area contributed by atoms with Crippen molar-refractivity contribution in [1.29, 1.82) is 0 Å². The molecule has 7 heteroatoms. The van der Waals surface area contributed by atoms with Gasteiger partial charge in [-0.1, -0.05) is 6.07 Å². The lowest BCUT2D eigenvalue weighted by Crippen LogP contribution is -2.12. The first-order valence-corrected chi connectivity index (χ1v) is 9.90. The summed E-state index contributed by atoms with van der Waals surface area (Å²) in [6, 6.07) is 14.6. The van der Waals surface area contributed by atoms with Crippen LogP contribution in [0.15, 0.2) is 61.2 Å². The van der Waals surface area contributed by atoms with E-state index < -0.39 is 0 Å². The number of aryl methyl sites for hydroxylation is 3. The smallest absolute Gasteiger partial charge is 0.255 e. The Bertz CT molecular complexity index is 1250. The predicted octanol–water partition coefficient (Wildman–Crippen LogP) is 4.94. The Labute approximate surface area is 180 Å². The van der Waals surface area contributed by atoms with Crippen molar-refractivity contribution in [3.63, 3.8) is 0 Å². The summed E-state index contributed by atoms with van der Waals surface area (Å²) in [5.74, 6) is 1.55. The van der Waals surface area contributed by atoms with Gasteiger partial charge in [0.15, 0.2) is 0 Å². The molecular formula is C24H23N5O2. The van der Waals surface area contributed by atoms with E-state index in [0.717, 1.165) is 22.5 Å². The molecule has 0 saturated carbocycles. The molecule has 0 aliphatic carbocycles. The number of hydrogen-bond acceptors (Lipinski definition) is 5. The standard InChI is InChI=1S/C24H23N5O2/c1-15-5-6-19(11-16(15)2)24(30)28-20-7-9-21(10-8-20)31-23-12-22(25-13-26-23)29-14-27-17(3)18(29)4/h5-14H,1-4H3,(H,28,30). The van der Waals surface area contributed by atoms with Gasteiger partial charge in [-0.25, -0.2) is 15.0 Å². The van der Waals surface area contributed by atoms with Gasteiger partial charge < -0.3 is 10.1 Å². The molecule has 4 rings (SSSR count).